The van der Waals surface area contributed by atoms with Crippen molar-refractivity contribution in [3.63, 3.8) is 0 Å². The number of ketones is 1. The number of anilines is 1. The van der Waals surface area contributed by atoms with E-state index in [1.165, 1.54) is 6.33 Å². The van der Waals surface area contributed by atoms with E-state index in [2.05, 4.69) is 20.3 Å². The first-order valence-electron chi connectivity index (χ1n) is 10.9. The van der Waals surface area contributed by atoms with Gasteiger partial charge in [0.25, 0.3) is 0 Å². The number of ether oxygens (including phenoxy) is 1. The highest BCUT2D eigenvalue weighted by Gasteiger charge is 2.24. The first kappa shape index (κ1) is 21.4. The maximum Gasteiger partial charge on any atom is 0.196 e. The third-order valence-electron chi connectivity index (χ3n) is 5.92. The highest BCUT2D eigenvalue weighted by molar-refractivity contribution is 6.35. The molecule has 0 bridgehead atoms. The molecule has 3 N–H and O–H groups in total. The molecule has 2 aromatic heterocycles. The van der Waals surface area contributed by atoms with Crippen LogP contribution in [0, 0.1) is 0 Å². The molecule has 2 aromatic carbocycles. The van der Waals surface area contributed by atoms with E-state index in [4.69, 9.17) is 16.3 Å². The van der Waals surface area contributed by atoms with Crippen molar-refractivity contribution in [1.82, 2.24) is 15.0 Å². The van der Waals surface area contributed by atoms with Crippen LogP contribution in [0.1, 0.15) is 41.6 Å². The number of hydrogen-bond acceptors (Lipinski definition) is 6. The molecule has 8 heteroatoms. The molecule has 1 fully saturated rings. The molecule has 2 heterocycles. The van der Waals surface area contributed by atoms with Crippen LogP contribution in [0.15, 0.2) is 61.1 Å². The zero-order valence-corrected chi connectivity index (χ0v) is 18.5. The quantitative estimate of drug-likeness (QED) is 0.334. The number of nitrogens with zero attached hydrogens (tertiary/aromatic N) is 2. The third kappa shape index (κ3) is 4.55. The summed E-state index contributed by atoms with van der Waals surface area (Å²) in [7, 11) is 0. The molecule has 1 aliphatic carbocycles. The number of para-hydroxylation sites is 1. The van der Waals surface area contributed by atoms with E-state index in [0.29, 0.717) is 44.5 Å². The third-order valence-corrected chi connectivity index (χ3v) is 6.23. The Morgan fingerprint density at radius 1 is 1.03 bits per heavy atom. The van der Waals surface area contributed by atoms with Crippen molar-refractivity contribution in [3.05, 3.63) is 77.2 Å². The Labute approximate surface area is 195 Å². The van der Waals surface area contributed by atoms with Crippen molar-refractivity contribution < 1.29 is 14.6 Å². The van der Waals surface area contributed by atoms with Gasteiger partial charge in [-0.1, -0.05) is 29.8 Å². The Morgan fingerprint density at radius 3 is 2.58 bits per heavy atom. The smallest absolute Gasteiger partial charge is 0.196 e. The topological polar surface area (TPSA) is 100 Å². The van der Waals surface area contributed by atoms with Gasteiger partial charge in [-0.2, -0.15) is 0 Å². The molecule has 0 atom stereocenters. The summed E-state index contributed by atoms with van der Waals surface area (Å²) in [6, 6.07) is 14.6. The van der Waals surface area contributed by atoms with E-state index in [1.54, 1.807) is 24.4 Å². The number of H-pyrrole nitrogens is 1. The fourth-order valence-electron chi connectivity index (χ4n) is 4.18. The molecule has 1 aliphatic rings. The lowest BCUT2D eigenvalue weighted by Crippen LogP contribution is -2.28. The van der Waals surface area contributed by atoms with Gasteiger partial charge in [0.15, 0.2) is 5.78 Å². The van der Waals surface area contributed by atoms with Gasteiger partial charge in [-0.15, -0.1) is 0 Å². The fraction of sp³-hybridized carbons (Fsp3) is 0.240. The first-order valence-corrected chi connectivity index (χ1v) is 11.3. The van der Waals surface area contributed by atoms with Gasteiger partial charge in [0.1, 0.15) is 29.3 Å². The molecule has 0 amide bonds. The fourth-order valence-corrected chi connectivity index (χ4v) is 4.43. The van der Waals surface area contributed by atoms with Gasteiger partial charge in [0.05, 0.1) is 22.1 Å². The normalized spacial score (nSPS) is 18.2. The Kier molecular flexibility index (Phi) is 5.98. The van der Waals surface area contributed by atoms with Gasteiger partial charge in [0, 0.05) is 23.9 Å². The molecule has 0 spiro atoms. The number of aliphatic hydroxyl groups is 1. The monoisotopic (exact) mass is 462 g/mol. The average Bonchev–Trinajstić information content (AvgIpc) is 3.26. The summed E-state index contributed by atoms with van der Waals surface area (Å²) in [5.74, 6) is 1.61. The van der Waals surface area contributed by atoms with Gasteiger partial charge >= 0.3 is 0 Å². The lowest BCUT2D eigenvalue weighted by molar-refractivity contribution is 0.104. The minimum atomic E-state index is -0.242. The van der Waals surface area contributed by atoms with E-state index in [1.807, 2.05) is 30.3 Å². The van der Waals surface area contributed by atoms with E-state index in [-0.39, 0.29) is 17.9 Å². The minimum Gasteiger partial charge on any atom is -0.457 e. The predicted molar refractivity (Wildman–Crippen MR) is 127 cm³/mol. The average molecular weight is 463 g/mol. The molecule has 33 heavy (non-hydrogen) atoms. The number of halogens is 1. The minimum absolute atomic E-state index is 0.183. The van der Waals surface area contributed by atoms with Crippen LogP contribution in [-0.4, -0.2) is 38.0 Å². The van der Waals surface area contributed by atoms with Crippen molar-refractivity contribution in [3.8, 4) is 11.5 Å². The number of rotatable bonds is 6. The lowest BCUT2D eigenvalue weighted by atomic mass is 9.93. The molecule has 0 aliphatic heterocycles. The Balaban J connectivity index is 1.42. The second-order valence-electron chi connectivity index (χ2n) is 8.18. The van der Waals surface area contributed by atoms with Crippen LogP contribution in [0.2, 0.25) is 5.02 Å². The molecule has 0 radical (unpaired) electrons. The van der Waals surface area contributed by atoms with Crippen LogP contribution in [0.4, 0.5) is 5.82 Å². The summed E-state index contributed by atoms with van der Waals surface area (Å²) in [6.07, 6.45) is 6.05. The van der Waals surface area contributed by atoms with Crippen LogP contribution in [0.5, 0.6) is 11.5 Å². The highest BCUT2D eigenvalue weighted by Crippen LogP contribution is 2.32. The van der Waals surface area contributed by atoms with Gasteiger partial charge in [-0.05, 0) is 49.9 Å². The summed E-state index contributed by atoms with van der Waals surface area (Å²) in [5.41, 5.74) is 1.39. The summed E-state index contributed by atoms with van der Waals surface area (Å²) in [5, 5.41) is 14.2. The van der Waals surface area contributed by atoms with Crippen molar-refractivity contribution >= 4 is 34.2 Å². The number of fused-ring (bicyclic) bond motifs is 1. The number of carbonyl (C=O) groups excluding carboxylic acids is 1. The number of hydrogen-bond donors (Lipinski definition) is 3. The zero-order chi connectivity index (χ0) is 22.8. The van der Waals surface area contributed by atoms with Crippen molar-refractivity contribution in [2.45, 2.75) is 37.8 Å². The molecule has 7 nitrogen and oxygen atoms in total. The van der Waals surface area contributed by atoms with Crippen LogP contribution in [0.3, 0.4) is 0 Å². The highest BCUT2D eigenvalue weighted by atomic mass is 35.5. The van der Waals surface area contributed by atoms with Crippen molar-refractivity contribution in [2.75, 3.05) is 5.32 Å². The van der Waals surface area contributed by atoms with Crippen LogP contribution < -0.4 is 10.1 Å². The van der Waals surface area contributed by atoms with Crippen LogP contribution in [-0.2, 0) is 0 Å². The van der Waals surface area contributed by atoms with Crippen molar-refractivity contribution in [2.24, 2.45) is 0 Å². The van der Waals surface area contributed by atoms with E-state index in [9.17, 15) is 9.90 Å². The Hall–Kier alpha value is -3.42. The second kappa shape index (κ2) is 9.21. The van der Waals surface area contributed by atoms with Crippen LogP contribution in [0.25, 0.3) is 11.0 Å². The number of carbonyl (C=O) groups is 1. The molecule has 0 saturated heterocycles. The van der Waals surface area contributed by atoms with E-state index >= 15 is 0 Å². The summed E-state index contributed by atoms with van der Waals surface area (Å²) < 4.78 is 5.82. The van der Waals surface area contributed by atoms with Gasteiger partial charge < -0.3 is 20.1 Å². The molecule has 5 rings (SSSR count). The maximum absolute atomic E-state index is 13.4. The SMILES string of the molecule is O=C(c1ccc(Oc2ccccc2)cc1Cl)c1c[nH]c2ncnc(NC3CCC(O)CC3)c12. The summed E-state index contributed by atoms with van der Waals surface area (Å²) in [6.45, 7) is 0. The number of aromatic nitrogens is 3. The standard InChI is InChI=1S/C25H23ClN4O3/c26-21-12-18(33-17-4-2-1-3-5-17)10-11-19(21)23(32)20-13-27-24-22(20)25(29-14-28-24)30-15-6-8-16(31)9-7-15/h1-5,10-16,31H,6-9H2,(H2,27,28,29,30). The zero-order valence-electron chi connectivity index (χ0n) is 17.8. The number of aromatic amines is 1. The van der Waals surface area contributed by atoms with Gasteiger partial charge in [0.2, 0.25) is 0 Å². The van der Waals surface area contributed by atoms with Gasteiger partial charge in [-0.3, -0.25) is 4.79 Å². The molecule has 4 aromatic rings. The maximum atomic E-state index is 13.4. The molecular formula is C25H23ClN4O3. The Bertz CT molecular complexity index is 1280. The molecule has 168 valence electrons. The lowest BCUT2D eigenvalue weighted by Gasteiger charge is -2.26. The first-order chi connectivity index (χ1) is 16.1. The largest absolute Gasteiger partial charge is 0.457 e. The number of aliphatic hydroxyl groups excluding tert-OH is 1. The Morgan fingerprint density at radius 2 is 1.82 bits per heavy atom. The summed E-state index contributed by atoms with van der Waals surface area (Å²) >= 11 is 6.49. The number of benzene rings is 2. The van der Waals surface area contributed by atoms with Crippen LogP contribution >= 0.6 is 11.6 Å². The van der Waals surface area contributed by atoms with Gasteiger partial charge in [-0.25, -0.2) is 9.97 Å². The van der Waals surface area contributed by atoms with Crippen molar-refractivity contribution in [1.29, 1.82) is 0 Å². The summed E-state index contributed by atoms with van der Waals surface area (Å²) in [4.78, 5) is 25.2. The molecule has 1 saturated carbocycles. The molecular weight excluding hydrogens is 440 g/mol. The van der Waals surface area contributed by atoms with E-state index < -0.39 is 0 Å². The molecule has 0 unspecified atom stereocenters. The second-order valence-corrected chi connectivity index (χ2v) is 8.59. The van der Waals surface area contributed by atoms with E-state index in [0.717, 1.165) is 25.7 Å². The number of nitrogens with one attached hydrogen (secondary N) is 2. The predicted octanol–water partition coefficient (Wildman–Crippen LogP) is 5.35.